The van der Waals surface area contributed by atoms with E-state index in [1.54, 1.807) is 6.08 Å². The van der Waals surface area contributed by atoms with Gasteiger partial charge in [0.2, 0.25) is 0 Å². The lowest BCUT2D eigenvalue weighted by Gasteiger charge is -2.15. The van der Waals surface area contributed by atoms with Crippen molar-refractivity contribution >= 4 is 30.9 Å². The topological polar surface area (TPSA) is 50.8 Å². The molecule has 23 heavy (non-hydrogen) atoms. The molecule has 0 heterocycles. The van der Waals surface area contributed by atoms with Gasteiger partial charge in [-0.25, -0.2) is 0 Å². The highest BCUT2D eigenvalue weighted by molar-refractivity contribution is 6.84. The molecule has 0 radical (unpaired) electrons. The van der Waals surface area contributed by atoms with Crippen LogP contribution in [0.25, 0.3) is 6.08 Å². The maximum atomic E-state index is 8.80. The molecule has 0 saturated carbocycles. The van der Waals surface area contributed by atoms with Crippen LogP contribution in [0.4, 0.5) is 5.69 Å². The minimum atomic E-state index is -1.21. The van der Waals surface area contributed by atoms with Gasteiger partial charge in [0.1, 0.15) is 17.7 Å². The van der Waals surface area contributed by atoms with Crippen LogP contribution in [-0.2, 0) is 0 Å². The summed E-state index contributed by atoms with van der Waals surface area (Å²) >= 11 is 0. The largest absolute Gasteiger partial charge is 0.378 e. The van der Waals surface area contributed by atoms with Crippen molar-refractivity contribution in [3.05, 3.63) is 59.7 Å². The van der Waals surface area contributed by atoms with E-state index in [2.05, 4.69) is 47.8 Å². The molecule has 3 nitrogen and oxygen atoms in total. The number of anilines is 1. The maximum absolute atomic E-state index is 8.80. The number of allylic oxidation sites excluding steroid dienone is 1. The molecule has 2 aromatic rings. The molecule has 1 unspecified atom stereocenters. The average molecular weight is 317 g/mol. The van der Waals surface area contributed by atoms with Gasteiger partial charge in [0.05, 0.1) is 8.80 Å². The van der Waals surface area contributed by atoms with Crippen LogP contribution in [0.5, 0.6) is 0 Å². The van der Waals surface area contributed by atoms with Crippen molar-refractivity contribution in [3.8, 4) is 12.1 Å². The van der Waals surface area contributed by atoms with Gasteiger partial charge in [0.25, 0.3) is 0 Å². The summed E-state index contributed by atoms with van der Waals surface area (Å²) in [5.74, 6) is 0. The van der Waals surface area contributed by atoms with E-state index in [4.69, 9.17) is 10.5 Å². The fourth-order valence-corrected chi connectivity index (χ4v) is 4.32. The van der Waals surface area contributed by atoms with Crippen molar-refractivity contribution < 1.29 is 0 Å². The molecule has 0 aliphatic carbocycles. The number of benzene rings is 2. The first-order valence-corrected chi connectivity index (χ1v) is 9.75. The second-order valence-corrected chi connectivity index (χ2v) is 8.43. The van der Waals surface area contributed by atoms with Gasteiger partial charge in [-0.05, 0) is 23.8 Å². The molecular weight excluding hydrogens is 298 g/mol. The van der Waals surface area contributed by atoms with Crippen LogP contribution >= 0.6 is 0 Å². The summed E-state index contributed by atoms with van der Waals surface area (Å²) < 4.78 is 0. The number of nitrogens with zero attached hydrogens (tertiary/aromatic N) is 3. The summed E-state index contributed by atoms with van der Waals surface area (Å²) in [4.78, 5) is 2.10. The second-order valence-electron chi connectivity index (χ2n) is 5.66. The Kier molecular flexibility index (Phi) is 5.35. The van der Waals surface area contributed by atoms with E-state index < -0.39 is 8.80 Å². The molecule has 0 fully saturated rings. The van der Waals surface area contributed by atoms with E-state index in [9.17, 15) is 0 Å². The maximum Gasteiger partial charge on any atom is 0.130 e. The van der Waals surface area contributed by atoms with E-state index in [0.717, 1.165) is 5.56 Å². The Morgan fingerprint density at radius 1 is 0.913 bits per heavy atom. The van der Waals surface area contributed by atoms with Gasteiger partial charge in [0.15, 0.2) is 0 Å². The minimum Gasteiger partial charge on any atom is -0.378 e. The number of hydrogen-bond acceptors (Lipinski definition) is 3. The van der Waals surface area contributed by atoms with Gasteiger partial charge in [-0.15, -0.1) is 0 Å². The van der Waals surface area contributed by atoms with Crippen molar-refractivity contribution in [2.24, 2.45) is 0 Å². The lowest BCUT2D eigenvalue weighted by Crippen LogP contribution is -2.39. The van der Waals surface area contributed by atoms with E-state index in [0.29, 0.717) is 0 Å². The van der Waals surface area contributed by atoms with Crippen LogP contribution in [0.3, 0.4) is 0 Å². The zero-order valence-corrected chi connectivity index (χ0v) is 14.8. The highest BCUT2D eigenvalue weighted by Crippen LogP contribution is 2.09. The fraction of sp³-hybridized carbons (Fsp3) is 0.158. The SMILES string of the molecule is CN(C)c1ccc([SiH](C)c2ccc(C=C(C#N)C#N)cc2)cc1. The third-order valence-electron chi connectivity index (χ3n) is 3.90. The first-order chi connectivity index (χ1) is 11.0. The van der Waals surface area contributed by atoms with Gasteiger partial charge in [-0.3, -0.25) is 0 Å². The van der Waals surface area contributed by atoms with E-state index >= 15 is 0 Å². The Bertz CT molecular complexity index is 759. The Balaban J connectivity index is 2.20. The zero-order chi connectivity index (χ0) is 16.8. The normalized spacial score (nSPS) is 11.0. The lowest BCUT2D eigenvalue weighted by molar-refractivity contribution is 1.13. The number of hydrogen-bond donors (Lipinski definition) is 0. The standard InChI is InChI=1S/C19H19N3Si/c1-22(2)17-6-10-19(11-7-17)23(3)18-8-4-15(5-9-18)12-16(13-20)14-21/h4-12,23H,1-3H3. The molecule has 1 atom stereocenters. The Hall–Kier alpha value is -2.82. The summed E-state index contributed by atoms with van der Waals surface area (Å²) in [5.41, 5.74) is 2.22. The number of rotatable bonds is 4. The van der Waals surface area contributed by atoms with Gasteiger partial charge >= 0.3 is 0 Å². The Morgan fingerprint density at radius 2 is 1.39 bits per heavy atom. The van der Waals surface area contributed by atoms with E-state index in [1.165, 1.54) is 16.1 Å². The molecule has 0 N–H and O–H groups in total. The van der Waals surface area contributed by atoms with Crippen molar-refractivity contribution in [2.45, 2.75) is 6.55 Å². The molecule has 4 heteroatoms. The molecule has 2 aromatic carbocycles. The van der Waals surface area contributed by atoms with Gasteiger partial charge in [-0.2, -0.15) is 10.5 Å². The quantitative estimate of drug-likeness (QED) is 0.641. The summed E-state index contributed by atoms with van der Waals surface area (Å²) in [7, 11) is 2.87. The average Bonchev–Trinajstić information content (AvgIpc) is 2.59. The van der Waals surface area contributed by atoms with Crippen molar-refractivity contribution in [1.29, 1.82) is 10.5 Å². The minimum absolute atomic E-state index is 0.127. The molecule has 0 aliphatic heterocycles. The monoisotopic (exact) mass is 317 g/mol. The predicted octanol–water partition coefficient (Wildman–Crippen LogP) is 2.15. The van der Waals surface area contributed by atoms with Crippen LogP contribution in [-0.4, -0.2) is 22.9 Å². The van der Waals surface area contributed by atoms with E-state index in [-0.39, 0.29) is 5.57 Å². The highest BCUT2D eigenvalue weighted by Gasteiger charge is 2.10. The van der Waals surface area contributed by atoms with Crippen LogP contribution in [0.1, 0.15) is 5.56 Å². The summed E-state index contributed by atoms with van der Waals surface area (Å²) in [6.45, 7) is 2.31. The molecule has 0 aliphatic rings. The van der Waals surface area contributed by atoms with Crippen LogP contribution in [0.2, 0.25) is 6.55 Å². The summed E-state index contributed by atoms with van der Waals surface area (Å²) in [6, 6.07) is 20.7. The highest BCUT2D eigenvalue weighted by atomic mass is 28.3. The molecule has 0 bridgehead atoms. The van der Waals surface area contributed by atoms with Gasteiger partial charge in [0, 0.05) is 19.8 Å². The van der Waals surface area contributed by atoms with Crippen LogP contribution in [0.15, 0.2) is 54.1 Å². The van der Waals surface area contributed by atoms with E-state index in [1.807, 2.05) is 38.4 Å². The second kappa shape index (κ2) is 7.44. The first kappa shape index (κ1) is 16.5. The van der Waals surface area contributed by atoms with Crippen LogP contribution in [0, 0.1) is 22.7 Å². The van der Waals surface area contributed by atoms with Gasteiger partial charge < -0.3 is 4.90 Å². The Labute approximate surface area is 139 Å². The lowest BCUT2D eigenvalue weighted by atomic mass is 10.1. The number of nitriles is 2. The molecule has 114 valence electrons. The predicted molar refractivity (Wildman–Crippen MR) is 98.7 cm³/mol. The fourth-order valence-electron chi connectivity index (χ4n) is 2.39. The molecular formula is C19H19N3Si. The Morgan fingerprint density at radius 3 is 1.83 bits per heavy atom. The molecule has 0 spiro atoms. The first-order valence-electron chi connectivity index (χ1n) is 7.44. The van der Waals surface area contributed by atoms with Crippen molar-refractivity contribution in [2.75, 3.05) is 19.0 Å². The molecule has 0 amide bonds. The molecule has 0 saturated heterocycles. The molecule has 0 aromatic heterocycles. The van der Waals surface area contributed by atoms with Crippen molar-refractivity contribution in [1.82, 2.24) is 0 Å². The zero-order valence-electron chi connectivity index (χ0n) is 13.6. The third-order valence-corrected chi connectivity index (χ3v) is 6.67. The third kappa shape index (κ3) is 4.09. The van der Waals surface area contributed by atoms with Gasteiger partial charge in [-0.1, -0.05) is 53.3 Å². The smallest absolute Gasteiger partial charge is 0.130 e. The summed E-state index contributed by atoms with van der Waals surface area (Å²) in [5, 5.41) is 20.3. The molecule has 2 rings (SSSR count). The summed E-state index contributed by atoms with van der Waals surface area (Å²) in [6.07, 6.45) is 1.61. The van der Waals surface area contributed by atoms with Crippen molar-refractivity contribution in [3.63, 3.8) is 0 Å². The van der Waals surface area contributed by atoms with Crippen LogP contribution < -0.4 is 15.3 Å².